The van der Waals surface area contributed by atoms with Gasteiger partial charge in [0, 0.05) is 57.8 Å². The van der Waals surface area contributed by atoms with Gasteiger partial charge in [-0.1, -0.05) is 0 Å². The topological polar surface area (TPSA) is 122 Å². The second kappa shape index (κ2) is 11.3. The second-order valence-electron chi connectivity index (χ2n) is 9.47. The summed E-state index contributed by atoms with van der Waals surface area (Å²) in [6.45, 7) is 5.24. The van der Waals surface area contributed by atoms with Gasteiger partial charge in [-0.15, -0.1) is 0 Å². The maximum atomic E-state index is 7.82. The quantitative estimate of drug-likeness (QED) is 0.483. The molecule has 0 aromatic carbocycles. The van der Waals surface area contributed by atoms with E-state index in [0.29, 0.717) is 35.1 Å². The van der Waals surface area contributed by atoms with Gasteiger partial charge in [0.15, 0.2) is 0 Å². The summed E-state index contributed by atoms with van der Waals surface area (Å²) in [5.74, 6) is 0.931. The zero-order valence-corrected chi connectivity index (χ0v) is 20.4. The molecule has 3 aliphatic rings. The zero-order chi connectivity index (χ0) is 24.0. The van der Waals surface area contributed by atoms with Crippen molar-refractivity contribution < 1.29 is 14.2 Å². The summed E-state index contributed by atoms with van der Waals surface area (Å²) in [6.07, 6.45) is 11.0. The van der Waals surface area contributed by atoms with Crippen LogP contribution >= 0.6 is 0 Å². The molecule has 190 valence electrons. The zero-order valence-electron chi connectivity index (χ0n) is 20.4. The number of ether oxygens (including phenoxy) is 3. The summed E-state index contributed by atoms with van der Waals surface area (Å²) in [5, 5.41) is 18.7. The van der Waals surface area contributed by atoms with Gasteiger partial charge < -0.3 is 30.3 Å². The van der Waals surface area contributed by atoms with Gasteiger partial charge in [-0.2, -0.15) is 10.1 Å². The van der Waals surface area contributed by atoms with E-state index in [1.165, 1.54) is 6.21 Å². The average molecular weight is 485 g/mol. The number of aromatic nitrogens is 4. The molecule has 35 heavy (non-hydrogen) atoms. The van der Waals surface area contributed by atoms with E-state index < -0.39 is 0 Å². The lowest BCUT2D eigenvalue weighted by Gasteiger charge is -2.38. The van der Waals surface area contributed by atoms with Crippen molar-refractivity contribution in [2.24, 2.45) is 7.05 Å². The van der Waals surface area contributed by atoms with E-state index in [4.69, 9.17) is 24.6 Å². The van der Waals surface area contributed by atoms with Crippen LogP contribution in [0.3, 0.4) is 0 Å². The van der Waals surface area contributed by atoms with Crippen LogP contribution < -0.4 is 15.4 Å². The fourth-order valence-corrected chi connectivity index (χ4v) is 5.13. The predicted molar refractivity (Wildman–Crippen MR) is 133 cm³/mol. The highest BCUT2D eigenvalue weighted by Gasteiger charge is 2.29. The molecular weight excluding hydrogens is 448 g/mol. The van der Waals surface area contributed by atoms with Gasteiger partial charge in [0.1, 0.15) is 17.1 Å². The molecule has 2 aromatic rings. The van der Waals surface area contributed by atoms with E-state index in [9.17, 15) is 0 Å². The summed E-state index contributed by atoms with van der Waals surface area (Å²) in [5.41, 5.74) is 2.08. The Kier molecular flexibility index (Phi) is 7.75. The Hall–Kier alpha value is -2.76. The number of anilines is 1. The number of morpholine rings is 1. The molecule has 0 atom stereocenters. The lowest BCUT2D eigenvalue weighted by Crippen LogP contribution is -2.46. The van der Waals surface area contributed by atoms with E-state index in [2.05, 4.69) is 25.6 Å². The second-order valence-corrected chi connectivity index (χ2v) is 9.47. The number of hydrogen-bond donors (Lipinski definition) is 3. The van der Waals surface area contributed by atoms with Gasteiger partial charge in [-0.25, -0.2) is 4.98 Å². The Labute approximate surface area is 205 Å². The van der Waals surface area contributed by atoms with Crippen LogP contribution in [0.5, 0.6) is 5.88 Å². The third kappa shape index (κ3) is 5.91. The van der Waals surface area contributed by atoms with Crippen molar-refractivity contribution in [1.82, 2.24) is 30.0 Å². The van der Waals surface area contributed by atoms with Crippen LogP contribution in [0.1, 0.15) is 38.5 Å². The number of nitrogens with zero attached hydrogens (tertiary/aromatic N) is 5. The standard InChI is InChI=1S/C24H36N8O3/c1-31-22-21(16-27-31)29-24(28-18(14-25)15-26-17-6-10-33-11-7-17)30-23(22)35-20-4-2-19(3-5-20)32-8-12-34-13-9-32/h14-17,19-20,25-26H,2-13H2,1H3,(H,28,29,30)/b18-15+,25-14?/t19-,20-. The molecule has 0 spiro atoms. The first-order chi connectivity index (χ1) is 17.2. The molecule has 4 heterocycles. The average Bonchev–Trinajstić information content (AvgIpc) is 3.28. The SMILES string of the molecule is Cn1ncc2nc(N/C(C=N)=C/NC3CCOCC3)nc(O[C@H]3CC[C@H](N4CCOCC4)CC3)c21. The van der Waals surface area contributed by atoms with Crippen molar-refractivity contribution in [1.29, 1.82) is 5.41 Å². The molecule has 2 aromatic heterocycles. The van der Waals surface area contributed by atoms with E-state index >= 15 is 0 Å². The summed E-state index contributed by atoms with van der Waals surface area (Å²) < 4.78 is 19.1. The molecule has 1 aliphatic carbocycles. The molecule has 0 amide bonds. The predicted octanol–water partition coefficient (Wildman–Crippen LogP) is 2.06. The Morgan fingerprint density at radius 1 is 1.06 bits per heavy atom. The van der Waals surface area contributed by atoms with Crippen molar-refractivity contribution in [2.45, 2.75) is 56.7 Å². The summed E-state index contributed by atoms with van der Waals surface area (Å²) in [4.78, 5) is 11.9. The number of nitrogens with one attached hydrogen (secondary N) is 3. The van der Waals surface area contributed by atoms with Gasteiger partial charge in [-0.05, 0) is 38.5 Å². The van der Waals surface area contributed by atoms with Crippen LogP contribution in [0.25, 0.3) is 11.0 Å². The molecule has 2 saturated heterocycles. The molecule has 2 aliphatic heterocycles. The van der Waals surface area contributed by atoms with Crippen LogP contribution in [0.4, 0.5) is 5.95 Å². The smallest absolute Gasteiger partial charge is 0.245 e. The maximum absolute atomic E-state index is 7.82. The summed E-state index contributed by atoms with van der Waals surface area (Å²) in [6, 6.07) is 0.954. The van der Waals surface area contributed by atoms with Crippen molar-refractivity contribution in [3.8, 4) is 5.88 Å². The number of rotatable bonds is 8. The first-order valence-corrected chi connectivity index (χ1v) is 12.7. The van der Waals surface area contributed by atoms with Crippen LogP contribution in [0, 0.1) is 5.41 Å². The minimum atomic E-state index is 0.112. The number of allylic oxidation sites excluding steroid dienone is 1. The Morgan fingerprint density at radius 2 is 1.80 bits per heavy atom. The molecule has 0 radical (unpaired) electrons. The monoisotopic (exact) mass is 484 g/mol. The minimum Gasteiger partial charge on any atom is -0.473 e. The minimum absolute atomic E-state index is 0.112. The Balaban J connectivity index is 1.26. The lowest BCUT2D eigenvalue weighted by molar-refractivity contribution is -0.00127. The highest BCUT2D eigenvalue weighted by atomic mass is 16.5. The molecule has 0 unspecified atom stereocenters. The normalized spacial score (nSPS) is 24.9. The van der Waals surface area contributed by atoms with Crippen LogP contribution in [-0.4, -0.2) is 88.6 Å². The molecule has 3 fully saturated rings. The van der Waals surface area contributed by atoms with Gasteiger partial charge >= 0.3 is 0 Å². The molecule has 0 bridgehead atoms. The third-order valence-corrected chi connectivity index (χ3v) is 7.15. The molecule has 1 saturated carbocycles. The highest BCUT2D eigenvalue weighted by molar-refractivity contribution is 5.83. The van der Waals surface area contributed by atoms with Crippen molar-refractivity contribution in [3.05, 3.63) is 18.1 Å². The van der Waals surface area contributed by atoms with E-state index in [1.54, 1.807) is 10.9 Å². The van der Waals surface area contributed by atoms with Gasteiger partial charge in [0.25, 0.3) is 0 Å². The van der Waals surface area contributed by atoms with E-state index in [0.717, 1.165) is 83.6 Å². The van der Waals surface area contributed by atoms with Gasteiger partial charge in [-0.3, -0.25) is 9.58 Å². The molecule has 11 nitrogen and oxygen atoms in total. The van der Waals surface area contributed by atoms with Crippen LogP contribution in [0.2, 0.25) is 0 Å². The fraction of sp³-hybridized carbons (Fsp3) is 0.667. The van der Waals surface area contributed by atoms with Gasteiger partial charge in [0.2, 0.25) is 11.8 Å². The summed E-state index contributed by atoms with van der Waals surface area (Å²) >= 11 is 0. The third-order valence-electron chi connectivity index (χ3n) is 7.15. The Bertz CT molecular complexity index is 1020. The van der Waals surface area contributed by atoms with Crippen LogP contribution in [-0.2, 0) is 16.5 Å². The summed E-state index contributed by atoms with van der Waals surface area (Å²) in [7, 11) is 1.88. The highest BCUT2D eigenvalue weighted by Crippen LogP contribution is 2.30. The number of hydrogen-bond acceptors (Lipinski definition) is 10. The van der Waals surface area contributed by atoms with E-state index in [1.807, 2.05) is 13.2 Å². The van der Waals surface area contributed by atoms with Gasteiger partial charge in [0.05, 0.1) is 25.1 Å². The van der Waals surface area contributed by atoms with Crippen molar-refractivity contribution in [3.63, 3.8) is 0 Å². The number of fused-ring (bicyclic) bond motifs is 1. The first-order valence-electron chi connectivity index (χ1n) is 12.7. The lowest BCUT2D eigenvalue weighted by atomic mass is 9.91. The first kappa shape index (κ1) is 24.0. The largest absolute Gasteiger partial charge is 0.473 e. The number of aryl methyl sites for hydroxylation is 1. The van der Waals surface area contributed by atoms with E-state index in [-0.39, 0.29) is 6.10 Å². The maximum Gasteiger partial charge on any atom is 0.245 e. The molecule has 3 N–H and O–H groups in total. The molecule has 11 heteroatoms. The van der Waals surface area contributed by atoms with Crippen molar-refractivity contribution >= 4 is 23.2 Å². The fourth-order valence-electron chi connectivity index (χ4n) is 5.13. The Morgan fingerprint density at radius 3 is 2.54 bits per heavy atom. The van der Waals surface area contributed by atoms with Crippen molar-refractivity contribution in [2.75, 3.05) is 44.8 Å². The van der Waals surface area contributed by atoms with Crippen LogP contribution in [0.15, 0.2) is 18.1 Å². The molecular formula is C24H36N8O3. The molecule has 5 rings (SSSR count).